The predicted molar refractivity (Wildman–Crippen MR) is 82.0 cm³/mol. The Balaban J connectivity index is 2.09. The summed E-state index contributed by atoms with van der Waals surface area (Å²) in [5, 5.41) is 0. The van der Waals surface area contributed by atoms with E-state index in [1.165, 1.54) is 18.4 Å². The van der Waals surface area contributed by atoms with Gasteiger partial charge < -0.3 is 0 Å². The molecule has 4 nitrogen and oxygen atoms in total. The topological polar surface area (TPSA) is 49.4 Å². The first-order chi connectivity index (χ1) is 9.89. The molecule has 0 aromatic heterocycles. The van der Waals surface area contributed by atoms with Crippen LogP contribution in [0.4, 0.5) is 4.39 Å². The molecule has 2 atom stereocenters. The van der Waals surface area contributed by atoms with E-state index in [9.17, 15) is 12.8 Å². The largest absolute Gasteiger partial charge is 0.295 e. The summed E-state index contributed by atoms with van der Waals surface area (Å²) >= 11 is 0. The van der Waals surface area contributed by atoms with Crippen LogP contribution >= 0.6 is 0 Å². The van der Waals surface area contributed by atoms with Crippen molar-refractivity contribution in [1.29, 1.82) is 0 Å². The van der Waals surface area contributed by atoms with Crippen molar-refractivity contribution in [2.24, 2.45) is 0 Å². The highest BCUT2D eigenvalue weighted by atomic mass is 32.2. The maximum atomic E-state index is 13.1. The number of rotatable bonds is 5. The number of halogens is 1. The smallest absolute Gasteiger partial charge is 0.208 e. The SMILES string of the molecule is CCC(c1ccc(F)cc1)N1CCCC(NS(C)(=O)=O)C1. The minimum absolute atomic E-state index is 0.0387. The van der Waals surface area contributed by atoms with Crippen LogP contribution in [0.1, 0.15) is 37.8 Å². The van der Waals surface area contributed by atoms with Gasteiger partial charge in [-0.25, -0.2) is 17.5 Å². The molecule has 6 heteroatoms. The first-order valence-corrected chi connectivity index (χ1v) is 9.25. The minimum atomic E-state index is -3.18. The van der Waals surface area contributed by atoms with Crippen LogP contribution in [-0.2, 0) is 10.0 Å². The van der Waals surface area contributed by atoms with Crippen molar-refractivity contribution in [2.75, 3.05) is 19.3 Å². The van der Waals surface area contributed by atoms with E-state index in [0.29, 0.717) is 6.54 Å². The van der Waals surface area contributed by atoms with Crippen LogP contribution in [-0.4, -0.2) is 38.7 Å². The molecule has 1 N–H and O–H groups in total. The summed E-state index contributed by atoms with van der Waals surface area (Å²) in [5.74, 6) is -0.233. The highest BCUT2D eigenvalue weighted by Gasteiger charge is 2.27. The Morgan fingerprint density at radius 3 is 2.62 bits per heavy atom. The Hall–Kier alpha value is -0.980. The normalized spacial score (nSPS) is 22.1. The summed E-state index contributed by atoms with van der Waals surface area (Å²) in [7, 11) is -3.18. The number of likely N-dealkylation sites (tertiary alicyclic amines) is 1. The fourth-order valence-electron chi connectivity index (χ4n) is 3.08. The second-order valence-corrected chi connectivity index (χ2v) is 7.48. The number of nitrogens with zero attached hydrogens (tertiary/aromatic N) is 1. The number of sulfonamides is 1. The van der Waals surface area contributed by atoms with E-state index in [-0.39, 0.29) is 17.9 Å². The lowest BCUT2D eigenvalue weighted by atomic mass is 9.98. The molecule has 0 spiro atoms. The van der Waals surface area contributed by atoms with Gasteiger partial charge in [0.25, 0.3) is 0 Å². The molecule has 1 aromatic carbocycles. The second-order valence-electron chi connectivity index (χ2n) is 5.70. The highest BCUT2D eigenvalue weighted by molar-refractivity contribution is 7.88. The number of piperidine rings is 1. The maximum Gasteiger partial charge on any atom is 0.208 e. The summed E-state index contributed by atoms with van der Waals surface area (Å²) in [5.41, 5.74) is 1.08. The Bertz CT molecular complexity index is 560. The molecular weight excluding hydrogens is 291 g/mol. The molecule has 1 aromatic rings. The van der Waals surface area contributed by atoms with Gasteiger partial charge in [0, 0.05) is 18.6 Å². The van der Waals surface area contributed by atoms with E-state index in [1.54, 1.807) is 0 Å². The van der Waals surface area contributed by atoms with Gasteiger partial charge in [-0.2, -0.15) is 0 Å². The van der Waals surface area contributed by atoms with Crippen LogP contribution < -0.4 is 4.72 Å². The number of hydrogen-bond acceptors (Lipinski definition) is 3. The van der Waals surface area contributed by atoms with Crippen LogP contribution in [0.25, 0.3) is 0 Å². The molecule has 2 unspecified atom stereocenters. The lowest BCUT2D eigenvalue weighted by molar-refractivity contribution is 0.140. The monoisotopic (exact) mass is 314 g/mol. The van der Waals surface area contributed by atoms with E-state index in [1.807, 2.05) is 12.1 Å². The summed E-state index contributed by atoms with van der Waals surface area (Å²) in [6, 6.07) is 6.76. The average Bonchev–Trinajstić information content (AvgIpc) is 2.40. The van der Waals surface area contributed by atoms with Gasteiger partial charge in [-0.05, 0) is 43.5 Å². The first kappa shape index (κ1) is 16.4. The van der Waals surface area contributed by atoms with Crippen LogP contribution in [0.3, 0.4) is 0 Å². The molecule has 21 heavy (non-hydrogen) atoms. The van der Waals surface area contributed by atoms with Crippen molar-refractivity contribution in [1.82, 2.24) is 9.62 Å². The molecular formula is C15H23FN2O2S. The lowest BCUT2D eigenvalue weighted by Crippen LogP contribution is -2.48. The molecule has 0 bridgehead atoms. The molecule has 2 rings (SSSR count). The van der Waals surface area contributed by atoms with Crippen molar-refractivity contribution >= 4 is 10.0 Å². The van der Waals surface area contributed by atoms with E-state index in [4.69, 9.17) is 0 Å². The van der Waals surface area contributed by atoms with Crippen LogP contribution in [0.5, 0.6) is 0 Å². The summed E-state index contributed by atoms with van der Waals surface area (Å²) in [4.78, 5) is 2.29. The lowest BCUT2D eigenvalue weighted by Gasteiger charge is -2.38. The third kappa shape index (κ3) is 4.76. The second kappa shape index (κ2) is 6.85. The van der Waals surface area contributed by atoms with Gasteiger partial charge in [0.05, 0.1) is 6.26 Å². The molecule has 1 fully saturated rings. The molecule has 0 aliphatic carbocycles. The van der Waals surface area contributed by atoms with Gasteiger partial charge in [0.15, 0.2) is 0 Å². The zero-order valence-corrected chi connectivity index (χ0v) is 13.4. The zero-order valence-electron chi connectivity index (χ0n) is 12.5. The van der Waals surface area contributed by atoms with E-state index < -0.39 is 10.0 Å². The Morgan fingerprint density at radius 1 is 1.38 bits per heavy atom. The summed E-state index contributed by atoms with van der Waals surface area (Å²) in [6.45, 7) is 3.74. The van der Waals surface area contributed by atoms with Crippen LogP contribution in [0, 0.1) is 5.82 Å². The van der Waals surface area contributed by atoms with Gasteiger partial charge in [-0.1, -0.05) is 19.1 Å². The quantitative estimate of drug-likeness (QED) is 0.907. The third-order valence-electron chi connectivity index (χ3n) is 3.92. The zero-order chi connectivity index (χ0) is 15.5. The maximum absolute atomic E-state index is 13.1. The predicted octanol–water partition coefficient (Wildman–Crippen LogP) is 2.29. The molecule has 0 saturated carbocycles. The molecule has 1 aliphatic rings. The van der Waals surface area contributed by atoms with Crippen LogP contribution in [0.15, 0.2) is 24.3 Å². The van der Waals surface area contributed by atoms with Gasteiger partial charge >= 0.3 is 0 Å². The Labute approximate surface area is 126 Å². The fourth-order valence-corrected chi connectivity index (χ4v) is 3.88. The number of hydrogen-bond donors (Lipinski definition) is 1. The Kier molecular flexibility index (Phi) is 5.35. The van der Waals surface area contributed by atoms with Crippen LogP contribution in [0.2, 0.25) is 0 Å². The first-order valence-electron chi connectivity index (χ1n) is 7.36. The molecule has 1 aliphatic heterocycles. The molecule has 1 saturated heterocycles. The molecule has 0 amide bonds. The molecule has 118 valence electrons. The van der Waals surface area contributed by atoms with Gasteiger partial charge in [0.2, 0.25) is 10.0 Å². The van der Waals surface area contributed by atoms with E-state index >= 15 is 0 Å². The highest BCUT2D eigenvalue weighted by Crippen LogP contribution is 2.27. The minimum Gasteiger partial charge on any atom is -0.295 e. The van der Waals surface area contributed by atoms with E-state index in [0.717, 1.165) is 31.4 Å². The van der Waals surface area contributed by atoms with Crippen molar-refractivity contribution in [2.45, 2.75) is 38.3 Å². The van der Waals surface area contributed by atoms with E-state index in [2.05, 4.69) is 16.5 Å². The molecule has 0 radical (unpaired) electrons. The van der Waals surface area contributed by atoms with Crippen molar-refractivity contribution in [3.63, 3.8) is 0 Å². The summed E-state index contributed by atoms with van der Waals surface area (Å²) in [6.07, 6.45) is 3.94. The standard InChI is InChI=1S/C15H23FN2O2S/c1-3-15(12-6-8-13(16)9-7-12)18-10-4-5-14(11-18)17-21(2,19)20/h6-9,14-15,17H,3-5,10-11H2,1-2H3. The van der Waals surface area contributed by atoms with Crippen molar-refractivity contribution in [3.05, 3.63) is 35.6 Å². The third-order valence-corrected chi connectivity index (χ3v) is 4.68. The Morgan fingerprint density at radius 2 is 2.05 bits per heavy atom. The summed E-state index contributed by atoms with van der Waals surface area (Å²) < 4.78 is 38.5. The number of benzene rings is 1. The molecule has 1 heterocycles. The van der Waals surface area contributed by atoms with Crippen molar-refractivity contribution in [3.8, 4) is 0 Å². The average molecular weight is 314 g/mol. The van der Waals surface area contributed by atoms with Gasteiger partial charge in [-0.15, -0.1) is 0 Å². The fraction of sp³-hybridized carbons (Fsp3) is 0.600. The number of nitrogens with one attached hydrogen (secondary N) is 1. The van der Waals surface area contributed by atoms with Crippen molar-refractivity contribution < 1.29 is 12.8 Å². The van der Waals surface area contributed by atoms with Gasteiger partial charge in [-0.3, -0.25) is 4.90 Å². The van der Waals surface area contributed by atoms with Gasteiger partial charge in [0.1, 0.15) is 5.82 Å².